The number of carbonyl (C=O) groups is 2. The molecule has 3 aromatic rings. The summed E-state index contributed by atoms with van der Waals surface area (Å²) in [7, 11) is 0. The highest BCUT2D eigenvalue weighted by molar-refractivity contribution is 6.30. The molecule has 0 unspecified atom stereocenters. The van der Waals surface area contributed by atoms with Gasteiger partial charge in [-0.05, 0) is 42.0 Å². The molecule has 8 heteroatoms. The minimum atomic E-state index is -0.962. The normalized spacial score (nSPS) is 20.1. The molecule has 3 amide bonds. The molecule has 4 heterocycles. The molecule has 1 aromatic carbocycles. The molecule has 5 rings (SSSR count). The van der Waals surface area contributed by atoms with Crippen molar-refractivity contribution < 1.29 is 14.0 Å². The molecule has 30 heavy (non-hydrogen) atoms. The highest BCUT2D eigenvalue weighted by Crippen LogP contribution is 2.44. The zero-order valence-corrected chi connectivity index (χ0v) is 16.8. The first-order chi connectivity index (χ1) is 14.6. The van der Waals surface area contributed by atoms with Gasteiger partial charge in [0.1, 0.15) is 5.76 Å². The van der Waals surface area contributed by atoms with E-state index in [4.69, 9.17) is 16.0 Å². The van der Waals surface area contributed by atoms with E-state index in [0.717, 1.165) is 5.56 Å². The Balaban J connectivity index is 1.57. The predicted molar refractivity (Wildman–Crippen MR) is 110 cm³/mol. The first-order valence-electron chi connectivity index (χ1n) is 9.69. The van der Waals surface area contributed by atoms with E-state index in [-0.39, 0.29) is 18.5 Å². The van der Waals surface area contributed by atoms with Crippen LogP contribution in [0.25, 0.3) is 0 Å². The summed E-state index contributed by atoms with van der Waals surface area (Å²) in [5, 5.41) is 3.51. The summed E-state index contributed by atoms with van der Waals surface area (Å²) in [6.45, 7) is 1.11. The fourth-order valence-corrected chi connectivity index (χ4v) is 4.53. The molecule has 7 nitrogen and oxygen atoms in total. The second-order valence-corrected chi connectivity index (χ2v) is 7.78. The number of halogens is 1. The number of hydrogen-bond donors (Lipinski definition) is 1. The quantitative estimate of drug-likeness (QED) is 0.701. The van der Waals surface area contributed by atoms with Crippen LogP contribution in [0.3, 0.4) is 0 Å². The van der Waals surface area contributed by atoms with Crippen molar-refractivity contribution in [1.82, 2.24) is 20.1 Å². The van der Waals surface area contributed by atoms with Gasteiger partial charge in [0.05, 0.1) is 24.1 Å². The third-order valence-corrected chi connectivity index (χ3v) is 6.02. The van der Waals surface area contributed by atoms with Gasteiger partial charge in [0, 0.05) is 30.7 Å². The summed E-state index contributed by atoms with van der Waals surface area (Å²) in [6, 6.07) is 14.1. The Morgan fingerprint density at radius 3 is 2.77 bits per heavy atom. The summed E-state index contributed by atoms with van der Waals surface area (Å²) in [6.07, 6.45) is 3.65. The van der Waals surface area contributed by atoms with Crippen LogP contribution in [0.1, 0.15) is 27.4 Å². The molecular formula is C22H19ClN4O3. The van der Waals surface area contributed by atoms with Crippen LogP contribution in [0.15, 0.2) is 65.4 Å². The van der Waals surface area contributed by atoms with Crippen molar-refractivity contribution in [3.63, 3.8) is 0 Å². The maximum atomic E-state index is 13.3. The second-order valence-electron chi connectivity index (χ2n) is 7.34. The average molecular weight is 423 g/mol. The summed E-state index contributed by atoms with van der Waals surface area (Å²) >= 11 is 6.11. The van der Waals surface area contributed by atoms with Crippen LogP contribution >= 0.6 is 11.6 Å². The number of amides is 3. The predicted octanol–water partition coefficient (Wildman–Crippen LogP) is 3.40. The number of carbonyl (C=O) groups excluding carboxylic acids is 2. The van der Waals surface area contributed by atoms with Gasteiger partial charge in [-0.2, -0.15) is 0 Å². The van der Waals surface area contributed by atoms with E-state index in [9.17, 15) is 9.59 Å². The third kappa shape index (κ3) is 2.85. The molecule has 1 atom stereocenters. The number of urea groups is 1. The van der Waals surface area contributed by atoms with E-state index in [1.165, 1.54) is 0 Å². The molecule has 0 bridgehead atoms. The van der Waals surface area contributed by atoms with E-state index in [2.05, 4.69) is 10.3 Å². The van der Waals surface area contributed by atoms with Crippen molar-refractivity contribution in [3.8, 4) is 0 Å². The van der Waals surface area contributed by atoms with Crippen molar-refractivity contribution >= 4 is 23.5 Å². The van der Waals surface area contributed by atoms with E-state index < -0.39 is 5.66 Å². The number of benzene rings is 1. The van der Waals surface area contributed by atoms with Gasteiger partial charge in [0.15, 0.2) is 5.66 Å². The fourth-order valence-electron chi connectivity index (χ4n) is 4.40. The van der Waals surface area contributed by atoms with Crippen molar-refractivity contribution in [3.05, 3.63) is 88.6 Å². The number of hydrogen-bond acceptors (Lipinski definition) is 4. The largest absolute Gasteiger partial charge is 0.467 e. The first-order valence-corrected chi connectivity index (χ1v) is 10.1. The van der Waals surface area contributed by atoms with Crippen LogP contribution in [-0.4, -0.2) is 39.8 Å². The van der Waals surface area contributed by atoms with Crippen LogP contribution in [0.4, 0.5) is 4.79 Å². The first kappa shape index (κ1) is 18.7. The number of furan rings is 1. The van der Waals surface area contributed by atoms with Crippen LogP contribution < -0.4 is 5.32 Å². The number of nitrogens with one attached hydrogen (secondary N) is 1. The summed E-state index contributed by atoms with van der Waals surface area (Å²) in [5.74, 6) is 0.535. The van der Waals surface area contributed by atoms with Gasteiger partial charge >= 0.3 is 6.03 Å². The van der Waals surface area contributed by atoms with Crippen molar-refractivity contribution in [2.45, 2.75) is 18.6 Å². The van der Waals surface area contributed by atoms with Crippen LogP contribution in [-0.2, 0) is 18.6 Å². The second kappa shape index (κ2) is 7.18. The lowest BCUT2D eigenvalue weighted by Crippen LogP contribution is -2.60. The lowest BCUT2D eigenvalue weighted by Gasteiger charge is -2.46. The van der Waals surface area contributed by atoms with Gasteiger partial charge in [-0.25, -0.2) is 4.79 Å². The number of nitrogens with zero attached hydrogens (tertiary/aromatic N) is 3. The highest BCUT2D eigenvalue weighted by atomic mass is 35.5. The van der Waals surface area contributed by atoms with Gasteiger partial charge in [-0.15, -0.1) is 0 Å². The minimum absolute atomic E-state index is 0.124. The lowest BCUT2D eigenvalue weighted by atomic mass is 9.86. The van der Waals surface area contributed by atoms with Gasteiger partial charge < -0.3 is 14.6 Å². The standard InChI is InChI=1S/C22H19ClN4O3/c23-16-7-5-15(6-8-16)22-13-19-18(4-1-9-24-19)20(28)26(22)10-11-27(22)21(29)25-14-17-3-2-12-30-17/h1-9,12H,10-11,13-14H2,(H,25,29)/t22-/m1/s1. The number of rotatable bonds is 3. The molecule has 1 saturated heterocycles. The molecule has 0 spiro atoms. The average Bonchev–Trinajstić information content (AvgIpc) is 3.41. The molecule has 1 N–H and O–H groups in total. The SMILES string of the molecule is O=C(NCc1ccco1)N1CCN2C(=O)c3cccnc3C[C@]12c1ccc(Cl)cc1. The molecule has 2 aliphatic heterocycles. The van der Waals surface area contributed by atoms with Gasteiger partial charge in [-0.3, -0.25) is 14.7 Å². The monoisotopic (exact) mass is 422 g/mol. The molecule has 2 aromatic heterocycles. The molecule has 2 aliphatic rings. The maximum Gasteiger partial charge on any atom is 0.319 e. The number of aromatic nitrogens is 1. The highest BCUT2D eigenvalue weighted by Gasteiger charge is 2.56. The minimum Gasteiger partial charge on any atom is -0.467 e. The summed E-state index contributed by atoms with van der Waals surface area (Å²) in [5.41, 5.74) is 1.12. The van der Waals surface area contributed by atoms with Gasteiger partial charge in [0.2, 0.25) is 0 Å². The van der Waals surface area contributed by atoms with E-state index in [1.54, 1.807) is 58.7 Å². The molecule has 0 saturated carbocycles. The maximum absolute atomic E-state index is 13.3. The Kier molecular flexibility index (Phi) is 4.47. The Labute approximate surface area is 178 Å². The zero-order valence-electron chi connectivity index (χ0n) is 16.0. The van der Waals surface area contributed by atoms with Gasteiger partial charge in [0.25, 0.3) is 5.91 Å². The van der Waals surface area contributed by atoms with E-state index >= 15 is 0 Å². The Bertz CT molecular complexity index is 1100. The number of fused-ring (bicyclic) bond motifs is 2. The fraction of sp³-hybridized carbons (Fsp3) is 0.227. The topological polar surface area (TPSA) is 78.7 Å². The van der Waals surface area contributed by atoms with E-state index in [0.29, 0.717) is 41.6 Å². The van der Waals surface area contributed by atoms with Crippen LogP contribution in [0, 0.1) is 0 Å². The summed E-state index contributed by atoms with van der Waals surface area (Å²) in [4.78, 5) is 34.5. The molecule has 152 valence electrons. The Morgan fingerprint density at radius 1 is 1.17 bits per heavy atom. The Hall–Kier alpha value is -3.32. The smallest absolute Gasteiger partial charge is 0.319 e. The summed E-state index contributed by atoms with van der Waals surface area (Å²) < 4.78 is 5.32. The zero-order chi connectivity index (χ0) is 20.7. The van der Waals surface area contributed by atoms with E-state index in [1.807, 2.05) is 12.1 Å². The van der Waals surface area contributed by atoms with Crippen LogP contribution in [0.5, 0.6) is 0 Å². The molecule has 0 radical (unpaired) electrons. The molecule has 0 aliphatic carbocycles. The number of pyridine rings is 1. The van der Waals surface area contributed by atoms with Crippen molar-refractivity contribution in [2.75, 3.05) is 13.1 Å². The molecule has 1 fully saturated rings. The van der Waals surface area contributed by atoms with Crippen LogP contribution in [0.2, 0.25) is 5.02 Å². The molecular weight excluding hydrogens is 404 g/mol. The van der Waals surface area contributed by atoms with Crippen molar-refractivity contribution in [1.29, 1.82) is 0 Å². The Morgan fingerprint density at radius 2 is 2.00 bits per heavy atom. The van der Waals surface area contributed by atoms with Crippen molar-refractivity contribution in [2.24, 2.45) is 0 Å². The van der Waals surface area contributed by atoms with Gasteiger partial charge in [-0.1, -0.05) is 23.7 Å². The third-order valence-electron chi connectivity index (χ3n) is 5.77. The lowest BCUT2D eigenvalue weighted by molar-refractivity contribution is 0.0194.